The van der Waals surface area contributed by atoms with Gasteiger partial charge in [0.2, 0.25) is 0 Å². The molecule has 0 bridgehead atoms. The fourth-order valence-corrected chi connectivity index (χ4v) is 1.84. The SMILES string of the molecule is CC.CO/C1=C/CC(C)CN(C)CCC1. The van der Waals surface area contributed by atoms with E-state index in [0.717, 1.165) is 18.8 Å². The van der Waals surface area contributed by atoms with Crippen molar-refractivity contribution in [3.63, 3.8) is 0 Å². The minimum atomic E-state index is 0.744. The Kier molecular flexibility index (Phi) is 8.49. The lowest BCUT2D eigenvalue weighted by Gasteiger charge is -2.18. The summed E-state index contributed by atoms with van der Waals surface area (Å²) in [6, 6.07) is 0. The van der Waals surface area contributed by atoms with E-state index in [-0.39, 0.29) is 0 Å². The molecule has 1 atom stereocenters. The summed E-state index contributed by atoms with van der Waals surface area (Å²) in [7, 11) is 3.98. The molecule has 0 fully saturated rings. The highest BCUT2D eigenvalue weighted by molar-refractivity contribution is 4.94. The highest BCUT2D eigenvalue weighted by Crippen LogP contribution is 2.14. The van der Waals surface area contributed by atoms with Crippen LogP contribution in [0.25, 0.3) is 0 Å². The Morgan fingerprint density at radius 1 is 1.40 bits per heavy atom. The molecule has 2 nitrogen and oxygen atoms in total. The van der Waals surface area contributed by atoms with Crippen LogP contribution in [0.4, 0.5) is 0 Å². The van der Waals surface area contributed by atoms with Gasteiger partial charge in [-0.05, 0) is 38.4 Å². The van der Waals surface area contributed by atoms with E-state index in [9.17, 15) is 0 Å². The Bertz CT molecular complexity index is 177. The molecule has 90 valence electrons. The van der Waals surface area contributed by atoms with E-state index in [0.29, 0.717) is 0 Å². The molecule has 0 saturated heterocycles. The third-order valence-corrected chi connectivity index (χ3v) is 2.60. The predicted molar refractivity (Wildman–Crippen MR) is 67.0 cm³/mol. The Hall–Kier alpha value is -0.500. The van der Waals surface area contributed by atoms with Crippen molar-refractivity contribution in [2.75, 3.05) is 27.2 Å². The summed E-state index contributed by atoms with van der Waals surface area (Å²) in [5.41, 5.74) is 0. The van der Waals surface area contributed by atoms with E-state index in [4.69, 9.17) is 4.74 Å². The first-order valence-corrected chi connectivity index (χ1v) is 6.14. The molecule has 1 aliphatic rings. The van der Waals surface area contributed by atoms with Gasteiger partial charge >= 0.3 is 0 Å². The molecule has 1 heterocycles. The third-order valence-electron chi connectivity index (χ3n) is 2.60. The second-order valence-corrected chi connectivity index (χ2v) is 4.08. The number of allylic oxidation sites excluding steroid dienone is 2. The lowest BCUT2D eigenvalue weighted by atomic mass is 10.1. The zero-order chi connectivity index (χ0) is 11.7. The molecule has 0 amide bonds. The van der Waals surface area contributed by atoms with Gasteiger partial charge in [0.25, 0.3) is 0 Å². The molecule has 0 aromatic heterocycles. The number of nitrogens with zero attached hydrogens (tertiary/aromatic N) is 1. The molecule has 0 aromatic carbocycles. The maximum Gasteiger partial charge on any atom is 0.0916 e. The largest absolute Gasteiger partial charge is 0.501 e. The van der Waals surface area contributed by atoms with Crippen LogP contribution >= 0.6 is 0 Å². The average molecular weight is 213 g/mol. The Balaban J connectivity index is 0.000000921. The third kappa shape index (κ3) is 6.56. The van der Waals surface area contributed by atoms with Crippen LogP contribution in [0.15, 0.2) is 11.8 Å². The molecule has 2 heteroatoms. The van der Waals surface area contributed by atoms with Crippen LogP contribution < -0.4 is 0 Å². The van der Waals surface area contributed by atoms with Crippen molar-refractivity contribution in [3.05, 3.63) is 11.8 Å². The maximum absolute atomic E-state index is 5.31. The predicted octanol–water partition coefficient (Wildman–Crippen LogP) is 3.29. The summed E-state index contributed by atoms with van der Waals surface area (Å²) in [4.78, 5) is 2.41. The van der Waals surface area contributed by atoms with E-state index in [1.807, 2.05) is 13.8 Å². The van der Waals surface area contributed by atoms with Crippen molar-refractivity contribution in [2.45, 2.75) is 40.0 Å². The number of rotatable bonds is 1. The quantitative estimate of drug-likeness (QED) is 0.662. The van der Waals surface area contributed by atoms with Crippen LogP contribution in [0.1, 0.15) is 40.0 Å². The van der Waals surface area contributed by atoms with Crippen LogP contribution in [0.3, 0.4) is 0 Å². The van der Waals surface area contributed by atoms with Crippen LogP contribution in [-0.4, -0.2) is 32.1 Å². The smallest absolute Gasteiger partial charge is 0.0916 e. The van der Waals surface area contributed by atoms with Gasteiger partial charge in [-0.2, -0.15) is 0 Å². The van der Waals surface area contributed by atoms with Gasteiger partial charge in [0.15, 0.2) is 0 Å². The van der Waals surface area contributed by atoms with Gasteiger partial charge in [-0.3, -0.25) is 0 Å². The summed E-state index contributed by atoms with van der Waals surface area (Å²) >= 11 is 0. The molecule has 15 heavy (non-hydrogen) atoms. The van der Waals surface area contributed by atoms with Crippen molar-refractivity contribution < 1.29 is 4.74 Å². The highest BCUT2D eigenvalue weighted by Gasteiger charge is 2.09. The summed E-state index contributed by atoms with van der Waals surface area (Å²) in [5, 5.41) is 0. The molecular weight excluding hydrogens is 186 g/mol. The van der Waals surface area contributed by atoms with Gasteiger partial charge < -0.3 is 9.64 Å². The first-order valence-electron chi connectivity index (χ1n) is 6.14. The Morgan fingerprint density at radius 2 is 2.07 bits per heavy atom. The summed E-state index contributed by atoms with van der Waals surface area (Å²) < 4.78 is 5.31. The van der Waals surface area contributed by atoms with Crippen molar-refractivity contribution >= 4 is 0 Å². The van der Waals surface area contributed by atoms with Crippen LogP contribution in [-0.2, 0) is 4.74 Å². The molecule has 0 aromatic rings. The first-order chi connectivity index (χ1) is 7.22. The lowest BCUT2D eigenvalue weighted by Crippen LogP contribution is -2.24. The standard InChI is InChI=1S/C11H21NO.C2H6/c1-10-6-7-11(13-3)5-4-8-12(2)9-10;1-2/h7,10H,4-6,8-9H2,1-3H3;1-2H3/b11-7+;. The second-order valence-electron chi connectivity index (χ2n) is 4.08. The molecule has 0 aliphatic carbocycles. The van der Waals surface area contributed by atoms with Gasteiger partial charge in [-0.25, -0.2) is 0 Å². The first kappa shape index (κ1) is 14.5. The monoisotopic (exact) mass is 213 g/mol. The molecule has 0 saturated carbocycles. The van der Waals surface area contributed by atoms with Crippen molar-refractivity contribution in [1.29, 1.82) is 0 Å². The van der Waals surface area contributed by atoms with Crippen molar-refractivity contribution in [2.24, 2.45) is 5.92 Å². The number of ether oxygens (including phenoxy) is 1. The topological polar surface area (TPSA) is 12.5 Å². The summed E-state index contributed by atoms with van der Waals surface area (Å²) in [6.45, 7) is 8.68. The molecule has 1 aliphatic heterocycles. The van der Waals surface area contributed by atoms with E-state index in [1.165, 1.54) is 25.3 Å². The van der Waals surface area contributed by atoms with Crippen molar-refractivity contribution in [3.8, 4) is 0 Å². The number of hydrogen-bond donors (Lipinski definition) is 0. The summed E-state index contributed by atoms with van der Waals surface area (Å²) in [5.74, 6) is 1.91. The van der Waals surface area contributed by atoms with E-state index < -0.39 is 0 Å². The summed E-state index contributed by atoms with van der Waals surface area (Å²) in [6.07, 6.45) is 5.70. The van der Waals surface area contributed by atoms with Crippen LogP contribution in [0, 0.1) is 5.92 Å². The molecule has 0 radical (unpaired) electrons. The van der Waals surface area contributed by atoms with Gasteiger partial charge in [0.1, 0.15) is 0 Å². The average Bonchev–Trinajstić information content (AvgIpc) is 2.32. The fraction of sp³-hybridized carbons (Fsp3) is 0.846. The Morgan fingerprint density at radius 3 is 2.67 bits per heavy atom. The molecule has 0 spiro atoms. The molecular formula is C13H27NO. The van der Waals surface area contributed by atoms with Gasteiger partial charge in [-0.1, -0.05) is 20.8 Å². The minimum Gasteiger partial charge on any atom is -0.501 e. The highest BCUT2D eigenvalue weighted by atomic mass is 16.5. The lowest BCUT2D eigenvalue weighted by molar-refractivity contribution is 0.263. The second kappa shape index (κ2) is 8.78. The van der Waals surface area contributed by atoms with Gasteiger partial charge in [-0.15, -0.1) is 0 Å². The molecule has 0 N–H and O–H groups in total. The maximum atomic E-state index is 5.31. The van der Waals surface area contributed by atoms with Gasteiger partial charge in [0.05, 0.1) is 12.9 Å². The number of methoxy groups -OCH3 is 1. The normalized spacial score (nSPS) is 27.3. The van der Waals surface area contributed by atoms with Crippen LogP contribution in [0.5, 0.6) is 0 Å². The zero-order valence-corrected chi connectivity index (χ0v) is 11.0. The van der Waals surface area contributed by atoms with Gasteiger partial charge in [0, 0.05) is 13.0 Å². The number of hydrogen-bond acceptors (Lipinski definition) is 2. The van der Waals surface area contributed by atoms with Crippen molar-refractivity contribution in [1.82, 2.24) is 4.90 Å². The molecule has 1 rings (SSSR count). The minimum absolute atomic E-state index is 0.744. The van der Waals surface area contributed by atoms with Crippen LogP contribution in [0.2, 0.25) is 0 Å². The molecule has 1 unspecified atom stereocenters. The zero-order valence-electron chi connectivity index (χ0n) is 11.0. The van der Waals surface area contributed by atoms with E-state index in [1.54, 1.807) is 7.11 Å². The van der Waals surface area contributed by atoms with E-state index in [2.05, 4.69) is 24.9 Å². The van der Waals surface area contributed by atoms with E-state index >= 15 is 0 Å². The fourth-order valence-electron chi connectivity index (χ4n) is 1.84. The Labute approximate surface area is 95.3 Å².